The lowest BCUT2D eigenvalue weighted by atomic mass is 10.1. The molecule has 0 aromatic carbocycles. The molecular weight excluding hydrogens is 260 g/mol. The molecule has 0 bridgehead atoms. The number of hydrogen-bond donors (Lipinski definition) is 1. The van der Waals surface area contributed by atoms with Crippen molar-refractivity contribution < 1.29 is 19.5 Å². The standard InChI is InChI=1S/C14H24N2O4/c1-4-11(5-2)16-9-10(8-12(16)17)14(20)15(3)7-6-13(18)19/h10-11H,4-9H2,1-3H3,(H,18,19). The van der Waals surface area contributed by atoms with Gasteiger partial charge in [-0.3, -0.25) is 14.4 Å². The largest absolute Gasteiger partial charge is 0.481 e. The number of amides is 2. The summed E-state index contributed by atoms with van der Waals surface area (Å²) in [7, 11) is 1.59. The van der Waals surface area contributed by atoms with Crippen LogP contribution < -0.4 is 0 Å². The van der Waals surface area contributed by atoms with Crippen molar-refractivity contribution in [1.29, 1.82) is 0 Å². The second-order valence-electron chi connectivity index (χ2n) is 5.32. The number of nitrogens with zero attached hydrogens (tertiary/aromatic N) is 2. The van der Waals surface area contributed by atoms with E-state index in [1.165, 1.54) is 4.90 Å². The van der Waals surface area contributed by atoms with Crippen LogP contribution in [0.25, 0.3) is 0 Å². The molecule has 1 rings (SSSR count). The fourth-order valence-corrected chi connectivity index (χ4v) is 2.66. The first-order valence-corrected chi connectivity index (χ1v) is 7.16. The van der Waals surface area contributed by atoms with Crippen LogP contribution in [0.15, 0.2) is 0 Å². The van der Waals surface area contributed by atoms with Crippen LogP contribution >= 0.6 is 0 Å². The molecule has 1 unspecified atom stereocenters. The van der Waals surface area contributed by atoms with E-state index < -0.39 is 5.97 Å². The van der Waals surface area contributed by atoms with Crippen LogP contribution in [0, 0.1) is 5.92 Å². The van der Waals surface area contributed by atoms with Crippen molar-refractivity contribution in [3.63, 3.8) is 0 Å². The summed E-state index contributed by atoms with van der Waals surface area (Å²) < 4.78 is 0. The van der Waals surface area contributed by atoms with E-state index in [9.17, 15) is 14.4 Å². The molecule has 20 heavy (non-hydrogen) atoms. The quantitative estimate of drug-likeness (QED) is 0.755. The van der Waals surface area contributed by atoms with Crippen LogP contribution in [-0.2, 0) is 14.4 Å². The van der Waals surface area contributed by atoms with Gasteiger partial charge < -0.3 is 14.9 Å². The summed E-state index contributed by atoms with van der Waals surface area (Å²) >= 11 is 0. The number of rotatable bonds is 7. The maximum Gasteiger partial charge on any atom is 0.305 e. The van der Waals surface area contributed by atoms with E-state index in [0.29, 0.717) is 6.54 Å². The Kier molecular flexibility index (Phi) is 5.98. The van der Waals surface area contributed by atoms with Gasteiger partial charge in [0.25, 0.3) is 0 Å². The molecule has 0 saturated carbocycles. The maximum absolute atomic E-state index is 12.2. The van der Waals surface area contributed by atoms with Gasteiger partial charge in [-0.15, -0.1) is 0 Å². The number of aliphatic carboxylic acids is 1. The van der Waals surface area contributed by atoms with Crippen molar-refractivity contribution in [1.82, 2.24) is 9.80 Å². The topological polar surface area (TPSA) is 77.9 Å². The summed E-state index contributed by atoms with van der Waals surface area (Å²) in [5, 5.41) is 8.63. The van der Waals surface area contributed by atoms with E-state index in [1.807, 2.05) is 13.8 Å². The third kappa shape index (κ3) is 3.95. The van der Waals surface area contributed by atoms with Crippen molar-refractivity contribution in [3.8, 4) is 0 Å². The second-order valence-corrected chi connectivity index (χ2v) is 5.32. The molecule has 1 aliphatic heterocycles. The van der Waals surface area contributed by atoms with E-state index in [-0.39, 0.29) is 43.2 Å². The molecule has 2 amide bonds. The van der Waals surface area contributed by atoms with Gasteiger partial charge in [0.05, 0.1) is 12.3 Å². The van der Waals surface area contributed by atoms with Crippen LogP contribution in [0.4, 0.5) is 0 Å². The van der Waals surface area contributed by atoms with Crippen molar-refractivity contribution in [2.45, 2.75) is 45.6 Å². The van der Waals surface area contributed by atoms with Gasteiger partial charge in [0.1, 0.15) is 0 Å². The number of carboxylic acids is 1. The van der Waals surface area contributed by atoms with Gasteiger partial charge in [0, 0.05) is 32.6 Å². The Hall–Kier alpha value is -1.59. The number of hydrogen-bond acceptors (Lipinski definition) is 3. The molecule has 114 valence electrons. The summed E-state index contributed by atoms with van der Waals surface area (Å²) in [5.41, 5.74) is 0. The smallest absolute Gasteiger partial charge is 0.305 e. The summed E-state index contributed by atoms with van der Waals surface area (Å²) in [6.07, 6.45) is 1.95. The first-order chi connectivity index (χ1) is 9.40. The predicted molar refractivity (Wildman–Crippen MR) is 74.1 cm³/mol. The fraction of sp³-hybridized carbons (Fsp3) is 0.786. The van der Waals surface area contributed by atoms with Gasteiger partial charge in [-0.25, -0.2) is 0 Å². The maximum atomic E-state index is 12.2. The molecule has 1 fully saturated rings. The third-order valence-corrected chi connectivity index (χ3v) is 3.93. The zero-order chi connectivity index (χ0) is 15.3. The number of carboxylic acid groups (broad SMARTS) is 1. The highest BCUT2D eigenvalue weighted by Gasteiger charge is 2.37. The van der Waals surface area contributed by atoms with Gasteiger partial charge in [0.2, 0.25) is 11.8 Å². The molecule has 6 heteroatoms. The van der Waals surface area contributed by atoms with Crippen molar-refractivity contribution in [3.05, 3.63) is 0 Å². The van der Waals surface area contributed by atoms with E-state index >= 15 is 0 Å². The number of likely N-dealkylation sites (tertiary alicyclic amines) is 1. The monoisotopic (exact) mass is 284 g/mol. The summed E-state index contributed by atoms with van der Waals surface area (Å²) in [6, 6.07) is 0.199. The molecule has 0 aliphatic carbocycles. The zero-order valence-electron chi connectivity index (χ0n) is 12.5. The van der Waals surface area contributed by atoms with E-state index in [2.05, 4.69) is 0 Å². The molecule has 0 aromatic heterocycles. The highest BCUT2D eigenvalue weighted by atomic mass is 16.4. The van der Waals surface area contributed by atoms with Crippen LogP contribution in [0.3, 0.4) is 0 Å². The highest BCUT2D eigenvalue weighted by molar-refractivity contribution is 5.89. The molecule has 1 atom stereocenters. The molecule has 1 saturated heterocycles. The summed E-state index contributed by atoms with van der Waals surface area (Å²) in [4.78, 5) is 37.9. The Morgan fingerprint density at radius 1 is 1.40 bits per heavy atom. The summed E-state index contributed by atoms with van der Waals surface area (Å²) in [5.74, 6) is -1.36. The third-order valence-electron chi connectivity index (χ3n) is 3.93. The number of carbonyl (C=O) groups is 3. The van der Waals surface area contributed by atoms with Crippen molar-refractivity contribution >= 4 is 17.8 Å². The van der Waals surface area contributed by atoms with E-state index in [4.69, 9.17) is 5.11 Å². The lowest BCUT2D eigenvalue weighted by molar-refractivity contribution is -0.139. The molecular formula is C14H24N2O4. The average molecular weight is 284 g/mol. The Morgan fingerprint density at radius 2 is 2.00 bits per heavy atom. The predicted octanol–water partition coefficient (Wildman–Crippen LogP) is 0.957. The average Bonchev–Trinajstić information content (AvgIpc) is 2.79. The molecule has 0 aromatic rings. The normalized spacial score (nSPS) is 18.7. The fourth-order valence-electron chi connectivity index (χ4n) is 2.66. The minimum atomic E-state index is -0.925. The SMILES string of the molecule is CCC(CC)N1CC(C(=O)N(C)CCC(=O)O)CC1=O. The highest BCUT2D eigenvalue weighted by Crippen LogP contribution is 2.24. The molecule has 6 nitrogen and oxygen atoms in total. The van der Waals surface area contributed by atoms with Gasteiger partial charge in [-0.1, -0.05) is 13.8 Å². The molecule has 1 heterocycles. The molecule has 1 N–H and O–H groups in total. The van der Waals surface area contributed by atoms with Gasteiger partial charge in [0.15, 0.2) is 0 Å². The Balaban J connectivity index is 2.59. The first kappa shape index (κ1) is 16.5. The van der Waals surface area contributed by atoms with Crippen LogP contribution in [0.1, 0.15) is 39.5 Å². The Labute approximate surface area is 119 Å². The molecule has 1 aliphatic rings. The zero-order valence-corrected chi connectivity index (χ0v) is 12.5. The Bertz CT molecular complexity index is 379. The Morgan fingerprint density at radius 3 is 2.50 bits per heavy atom. The van der Waals surface area contributed by atoms with Crippen molar-refractivity contribution in [2.24, 2.45) is 5.92 Å². The van der Waals surface area contributed by atoms with E-state index in [0.717, 1.165) is 12.8 Å². The summed E-state index contributed by atoms with van der Waals surface area (Å²) in [6.45, 7) is 4.72. The van der Waals surface area contributed by atoms with Crippen LogP contribution in [-0.4, -0.2) is 58.9 Å². The first-order valence-electron chi connectivity index (χ1n) is 7.16. The van der Waals surface area contributed by atoms with E-state index in [1.54, 1.807) is 11.9 Å². The lowest BCUT2D eigenvalue weighted by Crippen LogP contribution is -2.38. The molecule has 0 spiro atoms. The van der Waals surface area contributed by atoms with Crippen LogP contribution in [0.2, 0.25) is 0 Å². The number of carbonyl (C=O) groups excluding carboxylic acids is 2. The van der Waals surface area contributed by atoms with Crippen LogP contribution in [0.5, 0.6) is 0 Å². The second kappa shape index (κ2) is 7.26. The molecule has 0 radical (unpaired) electrons. The lowest BCUT2D eigenvalue weighted by Gasteiger charge is -2.26. The van der Waals surface area contributed by atoms with Gasteiger partial charge in [-0.05, 0) is 12.8 Å². The van der Waals surface area contributed by atoms with Gasteiger partial charge in [-0.2, -0.15) is 0 Å². The van der Waals surface area contributed by atoms with Gasteiger partial charge >= 0.3 is 5.97 Å². The minimum Gasteiger partial charge on any atom is -0.481 e. The van der Waals surface area contributed by atoms with Crippen molar-refractivity contribution in [2.75, 3.05) is 20.1 Å². The minimum absolute atomic E-state index is 0.0312.